The highest BCUT2D eigenvalue weighted by molar-refractivity contribution is 6.17. The minimum Gasteiger partial charge on any atom is -0.368 e. The maximum absolute atomic E-state index is 13.9. The fourth-order valence-electron chi connectivity index (χ4n) is 3.95. The standard InChI is InChI=1S/C23H17ClFN4/c24-11-14-5-7-16(25)10-18(14)13-6-8-20-19(9-13)22(29-23(26)28-20)21-17-4-2-1-3-15(17)12-27-21/h1-10,21H,11-12H2,(H2,26,28,29). The van der Waals surface area contributed by atoms with Gasteiger partial charge in [0, 0.05) is 17.8 Å². The van der Waals surface area contributed by atoms with Crippen molar-refractivity contribution in [2.24, 2.45) is 0 Å². The number of aromatic nitrogens is 2. The van der Waals surface area contributed by atoms with E-state index in [0.717, 1.165) is 38.9 Å². The second-order valence-corrected chi connectivity index (χ2v) is 7.34. The fraction of sp³-hybridized carbons (Fsp3) is 0.130. The van der Waals surface area contributed by atoms with Crippen LogP contribution in [0.15, 0.2) is 60.7 Å². The van der Waals surface area contributed by atoms with Crippen LogP contribution < -0.4 is 11.1 Å². The molecular formula is C23H17ClFN4. The van der Waals surface area contributed by atoms with Crippen molar-refractivity contribution in [3.63, 3.8) is 0 Å². The van der Waals surface area contributed by atoms with Gasteiger partial charge in [-0.25, -0.2) is 19.7 Å². The molecule has 1 radical (unpaired) electrons. The van der Waals surface area contributed by atoms with E-state index in [4.69, 9.17) is 22.7 Å². The molecule has 1 unspecified atom stereocenters. The molecule has 143 valence electrons. The Balaban J connectivity index is 1.72. The highest BCUT2D eigenvalue weighted by Gasteiger charge is 2.27. The molecule has 1 aliphatic heterocycles. The zero-order chi connectivity index (χ0) is 20.0. The number of nitrogen functional groups attached to an aromatic ring is 1. The van der Waals surface area contributed by atoms with Crippen molar-refractivity contribution in [2.45, 2.75) is 18.5 Å². The van der Waals surface area contributed by atoms with E-state index in [2.05, 4.69) is 22.1 Å². The Kier molecular flexibility index (Phi) is 4.42. The SMILES string of the molecule is Nc1nc(C2[N]Cc3ccccc32)c2cc(-c3cc(F)ccc3CCl)ccc2n1. The molecule has 4 nitrogen and oxygen atoms in total. The predicted molar refractivity (Wildman–Crippen MR) is 113 cm³/mol. The van der Waals surface area contributed by atoms with Gasteiger partial charge >= 0.3 is 0 Å². The maximum Gasteiger partial charge on any atom is 0.220 e. The van der Waals surface area contributed by atoms with Gasteiger partial charge in [-0.05, 0) is 52.1 Å². The third-order valence-electron chi connectivity index (χ3n) is 5.32. The number of anilines is 1. The van der Waals surface area contributed by atoms with Crippen LogP contribution in [0.1, 0.15) is 28.4 Å². The molecule has 1 aromatic heterocycles. The van der Waals surface area contributed by atoms with Crippen LogP contribution >= 0.6 is 11.6 Å². The molecule has 0 fully saturated rings. The van der Waals surface area contributed by atoms with Gasteiger partial charge in [-0.3, -0.25) is 0 Å². The molecule has 0 bridgehead atoms. The van der Waals surface area contributed by atoms with Crippen molar-refractivity contribution in [1.29, 1.82) is 0 Å². The number of hydrogen-bond donors (Lipinski definition) is 1. The van der Waals surface area contributed by atoms with Crippen LogP contribution in [0.3, 0.4) is 0 Å². The molecule has 0 saturated carbocycles. The largest absolute Gasteiger partial charge is 0.368 e. The molecule has 0 spiro atoms. The van der Waals surface area contributed by atoms with Crippen molar-refractivity contribution < 1.29 is 4.39 Å². The summed E-state index contributed by atoms with van der Waals surface area (Å²) in [7, 11) is 0. The van der Waals surface area contributed by atoms with E-state index in [1.54, 1.807) is 6.07 Å². The highest BCUT2D eigenvalue weighted by Crippen LogP contribution is 2.36. The van der Waals surface area contributed by atoms with Gasteiger partial charge in [-0.15, -0.1) is 11.6 Å². The van der Waals surface area contributed by atoms with Gasteiger partial charge in [0.25, 0.3) is 0 Å². The van der Waals surface area contributed by atoms with E-state index in [1.165, 1.54) is 17.7 Å². The summed E-state index contributed by atoms with van der Waals surface area (Å²) in [4.78, 5) is 8.93. The number of halogens is 2. The lowest BCUT2D eigenvalue weighted by Crippen LogP contribution is -2.11. The predicted octanol–water partition coefficient (Wildman–Crippen LogP) is 4.96. The summed E-state index contributed by atoms with van der Waals surface area (Å²) in [6.07, 6.45) is 0. The average Bonchev–Trinajstić information content (AvgIpc) is 3.17. The molecule has 2 heterocycles. The van der Waals surface area contributed by atoms with Crippen LogP contribution in [0.25, 0.3) is 22.0 Å². The Morgan fingerprint density at radius 2 is 1.90 bits per heavy atom. The van der Waals surface area contributed by atoms with Gasteiger partial charge in [0.15, 0.2) is 0 Å². The molecule has 3 aromatic carbocycles. The summed E-state index contributed by atoms with van der Waals surface area (Å²) in [5.41, 5.74) is 12.3. The van der Waals surface area contributed by atoms with Gasteiger partial charge in [-0.2, -0.15) is 0 Å². The van der Waals surface area contributed by atoms with Crippen molar-refractivity contribution in [3.05, 3.63) is 88.9 Å². The molecule has 6 heteroatoms. The van der Waals surface area contributed by atoms with Crippen LogP contribution in [0.4, 0.5) is 10.3 Å². The lowest BCUT2D eigenvalue weighted by atomic mass is 9.95. The molecule has 0 aliphatic carbocycles. The van der Waals surface area contributed by atoms with Crippen molar-refractivity contribution in [2.75, 3.05) is 5.73 Å². The van der Waals surface area contributed by atoms with Crippen LogP contribution in [0.5, 0.6) is 0 Å². The first kappa shape index (κ1) is 18.0. The van der Waals surface area contributed by atoms with Crippen molar-refractivity contribution in [3.8, 4) is 11.1 Å². The Morgan fingerprint density at radius 3 is 2.76 bits per heavy atom. The molecule has 29 heavy (non-hydrogen) atoms. The smallest absolute Gasteiger partial charge is 0.220 e. The first-order chi connectivity index (χ1) is 14.1. The Labute approximate surface area is 172 Å². The van der Waals surface area contributed by atoms with E-state index < -0.39 is 0 Å². The number of hydrogen-bond acceptors (Lipinski definition) is 3. The molecule has 0 amide bonds. The zero-order valence-electron chi connectivity index (χ0n) is 15.4. The molecular weight excluding hydrogens is 387 g/mol. The lowest BCUT2D eigenvalue weighted by Gasteiger charge is -2.15. The van der Waals surface area contributed by atoms with E-state index in [0.29, 0.717) is 12.4 Å². The second-order valence-electron chi connectivity index (χ2n) is 7.08. The Morgan fingerprint density at radius 1 is 1.03 bits per heavy atom. The van der Waals surface area contributed by atoms with Crippen LogP contribution in [-0.2, 0) is 12.4 Å². The molecule has 5 rings (SSSR count). The van der Waals surface area contributed by atoms with E-state index in [1.807, 2.05) is 30.3 Å². The Hall–Kier alpha value is -3.02. The third kappa shape index (κ3) is 3.12. The van der Waals surface area contributed by atoms with E-state index in [-0.39, 0.29) is 17.8 Å². The average molecular weight is 404 g/mol. The van der Waals surface area contributed by atoms with Gasteiger partial charge in [0.05, 0.1) is 17.3 Å². The summed E-state index contributed by atoms with van der Waals surface area (Å²) in [5.74, 6) is 0.207. The molecule has 4 aromatic rings. The van der Waals surface area contributed by atoms with Gasteiger partial charge in [0.1, 0.15) is 5.82 Å². The zero-order valence-corrected chi connectivity index (χ0v) is 16.2. The number of nitrogens with two attached hydrogens (primary N) is 1. The summed E-state index contributed by atoms with van der Waals surface area (Å²) >= 11 is 6.09. The number of benzene rings is 3. The topological polar surface area (TPSA) is 65.9 Å². The van der Waals surface area contributed by atoms with Gasteiger partial charge < -0.3 is 5.73 Å². The van der Waals surface area contributed by atoms with Crippen molar-refractivity contribution in [1.82, 2.24) is 15.3 Å². The number of alkyl halides is 1. The number of rotatable bonds is 3. The summed E-state index contributed by atoms with van der Waals surface area (Å²) in [6.45, 7) is 0.645. The van der Waals surface area contributed by atoms with Crippen LogP contribution in [0.2, 0.25) is 0 Å². The minimum atomic E-state index is -0.303. The monoisotopic (exact) mass is 403 g/mol. The number of fused-ring (bicyclic) bond motifs is 2. The fourth-order valence-corrected chi connectivity index (χ4v) is 4.18. The molecule has 2 N–H and O–H groups in total. The van der Waals surface area contributed by atoms with Crippen LogP contribution in [-0.4, -0.2) is 9.97 Å². The quantitative estimate of drug-likeness (QED) is 0.491. The first-order valence-corrected chi connectivity index (χ1v) is 9.84. The van der Waals surface area contributed by atoms with Crippen LogP contribution in [0, 0.1) is 5.82 Å². The van der Waals surface area contributed by atoms with E-state index >= 15 is 0 Å². The second kappa shape index (κ2) is 7.10. The maximum atomic E-state index is 13.9. The third-order valence-corrected chi connectivity index (χ3v) is 5.61. The molecule has 0 saturated heterocycles. The molecule has 1 atom stereocenters. The summed E-state index contributed by atoms with van der Waals surface area (Å²) < 4.78 is 13.9. The number of nitrogens with zero attached hydrogens (tertiary/aromatic N) is 3. The lowest BCUT2D eigenvalue weighted by molar-refractivity contribution is 0.628. The minimum absolute atomic E-state index is 0.200. The summed E-state index contributed by atoms with van der Waals surface area (Å²) in [6, 6.07) is 18.4. The van der Waals surface area contributed by atoms with Crippen molar-refractivity contribution >= 4 is 28.5 Å². The van der Waals surface area contributed by atoms with E-state index in [9.17, 15) is 4.39 Å². The molecule has 1 aliphatic rings. The Bertz CT molecular complexity index is 1240. The van der Waals surface area contributed by atoms with Gasteiger partial charge in [0.2, 0.25) is 5.95 Å². The summed E-state index contributed by atoms with van der Waals surface area (Å²) in [5, 5.41) is 5.64. The highest BCUT2D eigenvalue weighted by atomic mass is 35.5. The first-order valence-electron chi connectivity index (χ1n) is 9.30. The van der Waals surface area contributed by atoms with Gasteiger partial charge in [-0.1, -0.05) is 36.4 Å². The normalized spacial score (nSPS) is 15.6.